The fourth-order valence-electron chi connectivity index (χ4n) is 1.45. The summed E-state index contributed by atoms with van der Waals surface area (Å²) in [5, 5.41) is 9.00. The van der Waals surface area contributed by atoms with Crippen molar-refractivity contribution >= 4 is 20.0 Å². The highest BCUT2D eigenvalue weighted by Crippen LogP contribution is 2.14. The van der Waals surface area contributed by atoms with Gasteiger partial charge in [-0.15, -0.1) is 0 Å². The molecule has 0 unspecified atom stereocenters. The topological polar surface area (TPSA) is 113 Å². The number of rotatable bonds is 7. The van der Waals surface area contributed by atoms with E-state index in [9.17, 15) is 16.8 Å². The summed E-state index contributed by atoms with van der Waals surface area (Å²) in [5.74, 6) is 0. The van der Waals surface area contributed by atoms with Crippen LogP contribution >= 0.6 is 0 Å². The lowest BCUT2D eigenvalue weighted by atomic mass is 10.3. The molecular weight excluding hydrogens is 304 g/mol. The van der Waals surface area contributed by atoms with E-state index in [-0.39, 0.29) is 16.4 Å². The van der Waals surface area contributed by atoms with Gasteiger partial charge in [-0.05, 0) is 37.7 Å². The highest BCUT2D eigenvalue weighted by Gasteiger charge is 2.19. The number of hydrogen-bond donors (Lipinski definition) is 3. The van der Waals surface area contributed by atoms with Crippen LogP contribution in [0.2, 0.25) is 0 Å². The molecule has 114 valence electrons. The van der Waals surface area contributed by atoms with Crippen LogP contribution < -0.4 is 9.44 Å². The van der Waals surface area contributed by atoms with Gasteiger partial charge in [0.15, 0.2) is 0 Å². The Bertz CT molecular complexity index is 634. The van der Waals surface area contributed by atoms with Crippen molar-refractivity contribution in [2.45, 2.75) is 29.2 Å². The first-order valence-electron chi connectivity index (χ1n) is 5.93. The molecule has 0 fully saturated rings. The second kappa shape index (κ2) is 6.64. The van der Waals surface area contributed by atoms with Gasteiger partial charge in [-0.2, -0.15) is 0 Å². The zero-order valence-corrected chi connectivity index (χ0v) is 12.8. The maximum Gasteiger partial charge on any atom is 0.240 e. The average Bonchev–Trinajstić information content (AvgIpc) is 2.45. The van der Waals surface area contributed by atoms with Gasteiger partial charge < -0.3 is 5.11 Å². The van der Waals surface area contributed by atoms with Crippen LogP contribution in [0.25, 0.3) is 0 Å². The van der Waals surface area contributed by atoms with Gasteiger partial charge in [0.25, 0.3) is 0 Å². The molecule has 0 spiro atoms. The third-order valence-electron chi connectivity index (χ3n) is 2.75. The Morgan fingerprint density at radius 3 is 1.85 bits per heavy atom. The third kappa shape index (κ3) is 4.00. The minimum atomic E-state index is -3.78. The van der Waals surface area contributed by atoms with Crippen LogP contribution in [0, 0.1) is 0 Å². The monoisotopic (exact) mass is 322 g/mol. The Balaban J connectivity index is 3.04. The molecule has 0 radical (unpaired) electrons. The van der Waals surface area contributed by atoms with Crippen molar-refractivity contribution in [2.75, 3.05) is 13.7 Å². The summed E-state index contributed by atoms with van der Waals surface area (Å²) in [6.07, 6.45) is 0.446. The molecule has 1 rings (SSSR count). The number of aliphatic hydroxyl groups is 1. The lowest BCUT2D eigenvalue weighted by Gasteiger charge is -2.14. The van der Waals surface area contributed by atoms with E-state index >= 15 is 0 Å². The summed E-state index contributed by atoms with van der Waals surface area (Å²) in [7, 11) is -6.10. The van der Waals surface area contributed by atoms with E-state index in [2.05, 4.69) is 9.44 Å². The first-order valence-corrected chi connectivity index (χ1v) is 8.90. The smallest absolute Gasteiger partial charge is 0.240 e. The largest absolute Gasteiger partial charge is 0.395 e. The number of nitrogens with one attached hydrogen (secondary N) is 2. The molecule has 0 heterocycles. The van der Waals surface area contributed by atoms with Crippen LogP contribution in [0.5, 0.6) is 0 Å². The molecule has 0 saturated heterocycles. The van der Waals surface area contributed by atoms with Crippen LogP contribution in [-0.2, 0) is 20.0 Å². The standard InChI is InChI=1S/C11H18N2O5S2/c1-3-9(8-14)13-20(17,18)11-6-4-10(5-7-11)19(15,16)12-2/h4-7,9,12-14H,3,8H2,1-2H3/t9-/m1/s1. The summed E-state index contributed by atoms with van der Waals surface area (Å²) in [4.78, 5) is -0.0763. The normalized spacial score (nSPS) is 14.2. The summed E-state index contributed by atoms with van der Waals surface area (Å²) in [6, 6.07) is 4.26. The lowest BCUT2D eigenvalue weighted by Crippen LogP contribution is -2.36. The number of benzene rings is 1. The predicted molar refractivity (Wildman–Crippen MR) is 74.2 cm³/mol. The quantitative estimate of drug-likeness (QED) is 0.635. The summed E-state index contributed by atoms with van der Waals surface area (Å²) < 4.78 is 51.5. The van der Waals surface area contributed by atoms with Crippen LogP contribution in [0.3, 0.4) is 0 Å². The number of aliphatic hydroxyl groups excluding tert-OH is 1. The summed E-state index contributed by atoms with van der Waals surface area (Å²) in [5.41, 5.74) is 0. The van der Waals surface area contributed by atoms with E-state index in [1.165, 1.54) is 31.3 Å². The predicted octanol–water partition coefficient (Wildman–Crippen LogP) is -0.356. The molecule has 0 amide bonds. The Morgan fingerprint density at radius 1 is 1.05 bits per heavy atom. The Labute approximate surface area is 119 Å². The highest BCUT2D eigenvalue weighted by molar-refractivity contribution is 7.90. The van der Waals surface area contributed by atoms with E-state index in [1.54, 1.807) is 6.92 Å². The summed E-state index contributed by atoms with van der Waals surface area (Å²) >= 11 is 0. The molecule has 0 aliphatic heterocycles. The average molecular weight is 322 g/mol. The first kappa shape index (κ1) is 17.1. The molecule has 20 heavy (non-hydrogen) atoms. The minimum Gasteiger partial charge on any atom is -0.395 e. The maximum atomic E-state index is 12.0. The molecule has 7 nitrogen and oxygen atoms in total. The second-order valence-electron chi connectivity index (χ2n) is 4.09. The van der Waals surface area contributed by atoms with Gasteiger partial charge >= 0.3 is 0 Å². The fraction of sp³-hybridized carbons (Fsp3) is 0.455. The van der Waals surface area contributed by atoms with Gasteiger partial charge in [-0.25, -0.2) is 26.3 Å². The van der Waals surface area contributed by atoms with Crippen molar-refractivity contribution in [1.82, 2.24) is 9.44 Å². The van der Waals surface area contributed by atoms with Crippen LogP contribution in [0.1, 0.15) is 13.3 Å². The molecule has 1 aromatic carbocycles. The lowest BCUT2D eigenvalue weighted by molar-refractivity contribution is 0.254. The van der Waals surface area contributed by atoms with Crippen molar-refractivity contribution in [3.8, 4) is 0 Å². The Kier molecular flexibility index (Phi) is 5.66. The van der Waals surface area contributed by atoms with E-state index in [4.69, 9.17) is 5.11 Å². The Morgan fingerprint density at radius 2 is 1.50 bits per heavy atom. The molecule has 9 heteroatoms. The van der Waals surface area contributed by atoms with E-state index in [0.717, 1.165) is 0 Å². The highest BCUT2D eigenvalue weighted by atomic mass is 32.2. The van der Waals surface area contributed by atoms with Gasteiger partial charge in [-0.1, -0.05) is 6.92 Å². The van der Waals surface area contributed by atoms with Crippen LogP contribution in [0.15, 0.2) is 34.1 Å². The van der Waals surface area contributed by atoms with Crippen molar-refractivity contribution in [2.24, 2.45) is 0 Å². The number of sulfonamides is 2. The van der Waals surface area contributed by atoms with Crippen LogP contribution in [0.4, 0.5) is 0 Å². The van der Waals surface area contributed by atoms with Crippen molar-refractivity contribution in [1.29, 1.82) is 0 Å². The molecule has 0 saturated carbocycles. The van der Waals surface area contributed by atoms with Crippen LogP contribution in [-0.4, -0.2) is 41.6 Å². The third-order valence-corrected chi connectivity index (χ3v) is 5.71. The number of hydrogen-bond acceptors (Lipinski definition) is 5. The molecule has 3 N–H and O–H groups in total. The zero-order chi connectivity index (χ0) is 15.4. The second-order valence-corrected chi connectivity index (χ2v) is 7.69. The molecular formula is C11H18N2O5S2. The molecule has 0 aliphatic carbocycles. The van der Waals surface area contributed by atoms with E-state index in [1.807, 2.05) is 0 Å². The maximum absolute atomic E-state index is 12.0. The molecule has 1 atom stereocenters. The zero-order valence-electron chi connectivity index (χ0n) is 11.2. The molecule has 0 bridgehead atoms. The molecule has 0 aromatic heterocycles. The first-order chi connectivity index (χ1) is 9.26. The minimum absolute atomic E-state index is 0.0202. The van der Waals surface area contributed by atoms with Gasteiger partial charge in [0.05, 0.1) is 16.4 Å². The van der Waals surface area contributed by atoms with Crippen molar-refractivity contribution in [3.05, 3.63) is 24.3 Å². The fourth-order valence-corrected chi connectivity index (χ4v) is 3.49. The SMILES string of the molecule is CC[C@H](CO)NS(=O)(=O)c1ccc(S(=O)(=O)NC)cc1. The van der Waals surface area contributed by atoms with Gasteiger partial charge in [0.2, 0.25) is 20.0 Å². The van der Waals surface area contributed by atoms with Gasteiger partial charge in [0.1, 0.15) is 0 Å². The molecule has 1 aromatic rings. The Hall–Kier alpha value is -1.00. The van der Waals surface area contributed by atoms with E-state index < -0.39 is 26.1 Å². The van der Waals surface area contributed by atoms with Gasteiger partial charge in [-0.3, -0.25) is 0 Å². The van der Waals surface area contributed by atoms with Crippen molar-refractivity contribution < 1.29 is 21.9 Å². The van der Waals surface area contributed by atoms with Crippen molar-refractivity contribution in [3.63, 3.8) is 0 Å². The van der Waals surface area contributed by atoms with E-state index in [0.29, 0.717) is 6.42 Å². The summed E-state index contributed by atoms with van der Waals surface area (Å²) in [6.45, 7) is 1.44. The van der Waals surface area contributed by atoms with Gasteiger partial charge in [0, 0.05) is 6.04 Å². The molecule has 0 aliphatic rings.